The van der Waals surface area contributed by atoms with Gasteiger partial charge >= 0.3 is 0 Å². The molecule has 0 amide bonds. The molecule has 0 radical (unpaired) electrons. The third-order valence-corrected chi connectivity index (χ3v) is 5.62. The number of sulfonamides is 1. The van der Waals surface area contributed by atoms with E-state index in [0.29, 0.717) is 18.4 Å². The van der Waals surface area contributed by atoms with E-state index in [4.69, 9.17) is 4.98 Å². The molecule has 1 atom stereocenters. The van der Waals surface area contributed by atoms with Crippen molar-refractivity contribution in [2.45, 2.75) is 45.6 Å². The maximum Gasteiger partial charge on any atom is 0.208 e. The first-order chi connectivity index (χ1) is 10.3. The Hall–Kier alpha value is -0.500. The number of piperidine rings is 1. The Morgan fingerprint density at radius 3 is 2.91 bits per heavy atom. The molecule has 0 aliphatic carbocycles. The molecule has 0 unspecified atom stereocenters. The minimum atomic E-state index is -3.06. The van der Waals surface area contributed by atoms with Gasteiger partial charge in [-0.1, -0.05) is 13.8 Å². The second kappa shape index (κ2) is 7.86. The lowest BCUT2D eigenvalue weighted by molar-refractivity contribution is 0.162. The van der Waals surface area contributed by atoms with Gasteiger partial charge in [0.25, 0.3) is 0 Å². The smallest absolute Gasteiger partial charge is 0.208 e. The fourth-order valence-electron chi connectivity index (χ4n) is 2.83. The van der Waals surface area contributed by atoms with Crippen molar-refractivity contribution < 1.29 is 8.42 Å². The van der Waals surface area contributed by atoms with Crippen LogP contribution in [0.3, 0.4) is 0 Å². The summed E-state index contributed by atoms with van der Waals surface area (Å²) in [6, 6.07) is 0. The molecule has 5 nitrogen and oxygen atoms in total. The summed E-state index contributed by atoms with van der Waals surface area (Å²) in [5.74, 6) is 1.06. The topological polar surface area (TPSA) is 62.3 Å². The van der Waals surface area contributed by atoms with Crippen LogP contribution in [-0.2, 0) is 16.6 Å². The minimum Gasteiger partial charge on any atom is -0.296 e. The van der Waals surface area contributed by atoms with Crippen LogP contribution in [-0.4, -0.2) is 44.2 Å². The number of aromatic nitrogens is 1. The second-order valence-electron chi connectivity index (χ2n) is 6.52. The quantitative estimate of drug-likeness (QED) is 0.824. The summed E-state index contributed by atoms with van der Waals surface area (Å²) < 4.78 is 24.8. The van der Waals surface area contributed by atoms with E-state index >= 15 is 0 Å². The number of nitrogens with zero attached hydrogens (tertiary/aromatic N) is 2. The Balaban J connectivity index is 1.79. The van der Waals surface area contributed by atoms with Crippen LogP contribution in [0.5, 0.6) is 0 Å². The monoisotopic (exact) mass is 345 g/mol. The summed E-state index contributed by atoms with van der Waals surface area (Å²) in [5, 5.41) is 3.36. The molecule has 1 saturated heterocycles. The lowest BCUT2D eigenvalue weighted by Gasteiger charge is -2.32. The van der Waals surface area contributed by atoms with Gasteiger partial charge < -0.3 is 0 Å². The summed E-state index contributed by atoms with van der Waals surface area (Å²) in [6.45, 7) is 7.98. The van der Waals surface area contributed by atoms with Crippen LogP contribution in [0.2, 0.25) is 0 Å². The van der Waals surface area contributed by atoms with Gasteiger partial charge in [0.1, 0.15) is 5.01 Å². The summed E-state index contributed by atoms with van der Waals surface area (Å²) in [6.07, 6.45) is 4.51. The fraction of sp³-hybridized carbons (Fsp3) is 0.800. The Kier molecular flexibility index (Phi) is 6.37. The zero-order valence-corrected chi connectivity index (χ0v) is 15.3. The van der Waals surface area contributed by atoms with E-state index in [9.17, 15) is 8.42 Å². The number of thiazole rings is 1. The maximum absolute atomic E-state index is 11.1. The standard InChI is InChI=1S/C15H27N3O2S2/c1-12(2)14-11-21-15(17-14)10-18-8-4-5-13(9-18)6-7-16-22(3,19)20/h11-13,16H,4-10H2,1-3H3/t13-/m0/s1. The van der Waals surface area contributed by atoms with E-state index in [0.717, 1.165) is 26.1 Å². The van der Waals surface area contributed by atoms with Gasteiger partial charge in [0, 0.05) is 18.5 Å². The van der Waals surface area contributed by atoms with Gasteiger partial charge in [0.2, 0.25) is 10.0 Å². The average Bonchev–Trinajstić information content (AvgIpc) is 2.86. The normalized spacial score (nSPS) is 20.6. The molecule has 22 heavy (non-hydrogen) atoms. The van der Waals surface area contributed by atoms with Gasteiger partial charge in [-0.05, 0) is 37.6 Å². The van der Waals surface area contributed by atoms with E-state index in [1.165, 1.54) is 29.8 Å². The SMILES string of the molecule is CC(C)c1csc(CN2CCC[C@@H](CCNS(C)(=O)=O)C2)n1. The van der Waals surface area contributed by atoms with Crippen LogP contribution in [0.1, 0.15) is 49.7 Å². The third-order valence-electron chi connectivity index (χ3n) is 4.04. The predicted octanol–water partition coefficient (Wildman–Crippen LogP) is 2.42. The van der Waals surface area contributed by atoms with Crippen LogP contribution in [0.4, 0.5) is 0 Å². The van der Waals surface area contributed by atoms with Gasteiger partial charge in [-0.15, -0.1) is 11.3 Å². The summed E-state index contributed by atoms with van der Waals surface area (Å²) in [7, 11) is -3.06. The third kappa shape index (κ3) is 5.95. The number of rotatable bonds is 7. The van der Waals surface area contributed by atoms with Gasteiger partial charge in [-0.25, -0.2) is 18.1 Å². The van der Waals surface area contributed by atoms with E-state index in [1.807, 2.05) is 0 Å². The number of hydrogen-bond acceptors (Lipinski definition) is 5. The molecule has 1 fully saturated rings. The van der Waals surface area contributed by atoms with Crippen LogP contribution < -0.4 is 4.72 Å². The predicted molar refractivity (Wildman–Crippen MR) is 91.7 cm³/mol. The molecule has 0 spiro atoms. The zero-order valence-electron chi connectivity index (χ0n) is 13.7. The molecule has 1 aromatic heterocycles. The van der Waals surface area contributed by atoms with Crippen molar-refractivity contribution in [1.29, 1.82) is 0 Å². The maximum atomic E-state index is 11.1. The largest absolute Gasteiger partial charge is 0.296 e. The first-order valence-corrected chi connectivity index (χ1v) is 10.7. The molecular weight excluding hydrogens is 318 g/mol. The lowest BCUT2D eigenvalue weighted by Crippen LogP contribution is -2.36. The van der Waals surface area contributed by atoms with Crippen molar-refractivity contribution in [3.8, 4) is 0 Å². The molecule has 1 aromatic rings. The Bertz CT molecular complexity index is 569. The van der Waals surface area contributed by atoms with Crippen LogP contribution in [0.15, 0.2) is 5.38 Å². The minimum absolute atomic E-state index is 0.487. The molecule has 1 aliphatic heterocycles. The van der Waals surface area contributed by atoms with E-state index in [-0.39, 0.29) is 0 Å². The molecule has 126 valence electrons. The van der Waals surface area contributed by atoms with E-state index in [1.54, 1.807) is 11.3 Å². The van der Waals surface area contributed by atoms with Crippen molar-refractivity contribution >= 4 is 21.4 Å². The molecule has 7 heteroatoms. The van der Waals surface area contributed by atoms with E-state index in [2.05, 4.69) is 28.8 Å². The Morgan fingerprint density at radius 1 is 1.50 bits per heavy atom. The number of hydrogen-bond donors (Lipinski definition) is 1. The first-order valence-electron chi connectivity index (χ1n) is 7.95. The lowest BCUT2D eigenvalue weighted by atomic mass is 9.95. The van der Waals surface area contributed by atoms with Gasteiger partial charge in [-0.3, -0.25) is 4.90 Å². The van der Waals surface area contributed by atoms with Crippen molar-refractivity contribution in [1.82, 2.24) is 14.6 Å². The molecule has 0 bridgehead atoms. The summed E-state index contributed by atoms with van der Waals surface area (Å²) in [5.41, 5.74) is 1.19. The Morgan fingerprint density at radius 2 is 2.27 bits per heavy atom. The highest BCUT2D eigenvalue weighted by atomic mass is 32.2. The van der Waals surface area contributed by atoms with Crippen molar-refractivity contribution in [3.05, 3.63) is 16.1 Å². The zero-order chi connectivity index (χ0) is 16.2. The van der Waals surface area contributed by atoms with E-state index < -0.39 is 10.0 Å². The molecular formula is C15H27N3O2S2. The van der Waals surface area contributed by atoms with Crippen LogP contribution in [0.25, 0.3) is 0 Å². The highest BCUT2D eigenvalue weighted by Gasteiger charge is 2.21. The van der Waals surface area contributed by atoms with Crippen molar-refractivity contribution in [3.63, 3.8) is 0 Å². The molecule has 2 rings (SSSR count). The van der Waals surface area contributed by atoms with Crippen LogP contribution >= 0.6 is 11.3 Å². The van der Waals surface area contributed by atoms with Crippen molar-refractivity contribution in [2.75, 3.05) is 25.9 Å². The second-order valence-corrected chi connectivity index (χ2v) is 9.30. The van der Waals surface area contributed by atoms with Gasteiger partial charge in [-0.2, -0.15) is 0 Å². The van der Waals surface area contributed by atoms with Gasteiger partial charge in [0.15, 0.2) is 0 Å². The fourth-order valence-corrected chi connectivity index (χ4v) is 4.32. The molecule has 0 aromatic carbocycles. The highest BCUT2D eigenvalue weighted by Crippen LogP contribution is 2.23. The first kappa shape index (κ1) is 17.8. The summed E-state index contributed by atoms with van der Waals surface area (Å²) in [4.78, 5) is 7.16. The molecule has 2 heterocycles. The van der Waals surface area contributed by atoms with Crippen molar-refractivity contribution in [2.24, 2.45) is 5.92 Å². The molecule has 1 aliphatic rings. The average molecular weight is 346 g/mol. The highest BCUT2D eigenvalue weighted by molar-refractivity contribution is 7.88. The van der Waals surface area contributed by atoms with Crippen LogP contribution in [0, 0.1) is 5.92 Å². The van der Waals surface area contributed by atoms with Gasteiger partial charge in [0.05, 0.1) is 18.5 Å². The Labute approximate surface area is 138 Å². The number of likely N-dealkylation sites (tertiary alicyclic amines) is 1. The number of nitrogens with one attached hydrogen (secondary N) is 1. The molecule has 0 saturated carbocycles. The summed E-state index contributed by atoms with van der Waals surface area (Å²) >= 11 is 1.75. The molecule has 1 N–H and O–H groups in total.